The molecular formula is C18H22N2O5S. The van der Waals surface area contributed by atoms with Crippen molar-refractivity contribution in [2.24, 2.45) is 5.92 Å². The lowest BCUT2D eigenvalue weighted by atomic mass is 9.98. The standard InChI is InChI=1S/C18H22N2O5S/c1-3-26(23,24)19-10-6-7-13(11-19)17(21)20-12-15(18(22)25-2)14-8-4-5-9-16(14)20/h4-5,8-9,12-13H,3,6-7,10-11H2,1-2H3/t13-/m1/s1. The van der Waals surface area contributed by atoms with E-state index in [2.05, 4.69) is 0 Å². The van der Waals surface area contributed by atoms with Crippen molar-refractivity contribution in [2.45, 2.75) is 19.8 Å². The molecule has 0 amide bonds. The Morgan fingerprint density at radius 3 is 2.69 bits per heavy atom. The number of fused-ring (bicyclic) bond motifs is 1. The molecule has 1 aromatic heterocycles. The molecule has 8 heteroatoms. The average molecular weight is 378 g/mol. The van der Waals surface area contributed by atoms with E-state index < -0.39 is 21.9 Å². The minimum atomic E-state index is -3.33. The summed E-state index contributed by atoms with van der Waals surface area (Å²) in [5.74, 6) is -1.13. The molecule has 0 N–H and O–H groups in total. The Balaban J connectivity index is 1.96. The first-order chi connectivity index (χ1) is 12.4. The van der Waals surface area contributed by atoms with Crippen LogP contribution in [-0.2, 0) is 14.8 Å². The molecule has 26 heavy (non-hydrogen) atoms. The molecule has 0 aliphatic carbocycles. The SMILES string of the molecule is CCS(=O)(=O)N1CCC[C@@H](C(=O)n2cc(C(=O)OC)c3ccccc32)C1. The van der Waals surface area contributed by atoms with Gasteiger partial charge in [0, 0.05) is 24.7 Å². The number of carbonyl (C=O) groups is 2. The van der Waals surface area contributed by atoms with Gasteiger partial charge in [0.1, 0.15) is 0 Å². The predicted molar refractivity (Wildman–Crippen MR) is 97.7 cm³/mol. The van der Waals surface area contributed by atoms with E-state index in [1.54, 1.807) is 31.2 Å². The highest BCUT2D eigenvalue weighted by atomic mass is 32.2. The van der Waals surface area contributed by atoms with Gasteiger partial charge >= 0.3 is 5.97 Å². The van der Waals surface area contributed by atoms with E-state index >= 15 is 0 Å². The van der Waals surface area contributed by atoms with Crippen LogP contribution in [0.3, 0.4) is 0 Å². The maximum absolute atomic E-state index is 13.1. The zero-order valence-electron chi connectivity index (χ0n) is 14.8. The quantitative estimate of drug-likeness (QED) is 0.761. The third-order valence-corrected chi connectivity index (χ3v) is 6.69. The summed E-state index contributed by atoms with van der Waals surface area (Å²) >= 11 is 0. The van der Waals surface area contributed by atoms with E-state index in [9.17, 15) is 18.0 Å². The lowest BCUT2D eigenvalue weighted by Crippen LogP contribution is -2.43. The van der Waals surface area contributed by atoms with E-state index in [1.807, 2.05) is 0 Å². The molecule has 0 radical (unpaired) electrons. The fraction of sp³-hybridized carbons (Fsp3) is 0.444. The molecule has 0 saturated carbocycles. The van der Waals surface area contributed by atoms with Crippen molar-refractivity contribution < 1.29 is 22.7 Å². The van der Waals surface area contributed by atoms with Crippen LogP contribution in [0.2, 0.25) is 0 Å². The number of sulfonamides is 1. The Labute approximate surface area is 152 Å². The summed E-state index contributed by atoms with van der Waals surface area (Å²) in [6.45, 7) is 2.22. The molecule has 2 aromatic rings. The second kappa shape index (κ2) is 7.20. The van der Waals surface area contributed by atoms with Gasteiger partial charge in [0.05, 0.1) is 29.9 Å². The van der Waals surface area contributed by atoms with Crippen LogP contribution in [0.15, 0.2) is 30.5 Å². The van der Waals surface area contributed by atoms with Crippen molar-refractivity contribution in [3.8, 4) is 0 Å². The van der Waals surface area contributed by atoms with Gasteiger partial charge in [0.2, 0.25) is 15.9 Å². The van der Waals surface area contributed by atoms with Gasteiger partial charge < -0.3 is 4.74 Å². The van der Waals surface area contributed by atoms with E-state index in [-0.39, 0.29) is 18.2 Å². The summed E-state index contributed by atoms with van der Waals surface area (Å²) in [6, 6.07) is 7.12. The second-order valence-electron chi connectivity index (χ2n) is 6.36. The molecule has 3 rings (SSSR count). The maximum Gasteiger partial charge on any atom is 0.340 e. The first-order valence-electron chi connectivity index (χ1n) is 8.59. The molecule has 1 atom stereocenters. The van der Waals surface area contributed by atoms with Crippen LogP contribution < -0.4 is 0 Å². The number of para-hydroxylation sites is 1. The second-order valence-corrected chi connectivity index (χ2v) is 8.62. The Morgan fingerprint density at radius 2 is 2.00 bits per heavy atom. The molecular weight excluding hydrogens is 356 g/mol. The topological polar surface area (TPSA) is 85.7 Å². The number of piperidine rings is 1. The van der Waals surface area contributed by atoms with E-state index in [0.717, 1.165) is 0 Å². The van der Waals surface area contributed by atoms with Gasteiger partial charge in [0.25, 0.3) is 0 Å². The van der Waals surface area contributed by atoms with Crippen LogP contribution in [0, 0.1) is 5.92 Å². The number of aromatic nitrogens is 1. The van der Waals surface area contributed by atoms with Crippen molar-refractivity contribution in [3.05, 3.63) is 36.0 Å². The van der Waals surface area contributed by atoms with E-state index in [1.165, 1.54) is 22.2 Å². The number of rotatable bonds is 4. The molecule has 1 aliphatic heterocycles. The molecule has 0 spiro atoms. The number of methoxy groups -OCH3 is 1. The summed E-state index contributed by atoms with van der Waals surface area (Å²) in [7, 11) is -2.03. The zero-order valence-corrected chi connectivity index (χ0v) is 15.7. The van der Waals surface area contributed by atoms with Crippen molar-refractivity contribution in [1.82, 2.24) is 8.87 Å². The van der Waals surface area contributed by atoms with Crippen LogP contribution in [-0.4, -0.2) is 55.1 Å². The first-order valence-corrected chi connectivity index (χ1v) is 10.2. The monoisotopic (exact) mass is 378 g/mol. The van der Waals surface area contributed by atoms with Gasteiger partial charge in [-0.3, -0.25) is 9.36 Å². The largest absolute Gasteiger partial charge is 0.465 e. The van der Waals surface area contributed by atoms with Crippen molar-refractivity contribution in [2.75, 3.05) is 26.0 Å². The average Bonchev–Trinajstić information content (AvgIpc) is 3.06. The van der Waals surface area contributed by atoms with Gasteiger partial charge in [-0.1, -0.05) is 18.2 Å². The highest BCUT2D eigenvalue weighted by Gasteiger charge is 2.33. The molecule has 1 fully saturated rings. The van der Waals surface area contributed by atoms with Crippen LogP contribution in [0.5, 0.6) is 0 Å². The van der Waals surface area contributed by atoms with Crippen molar-refractivity contribution in [3.63, 3.8) is 0 Å². The number of benzene rings is 1. The first kappa shape index (κ1) is 18.6. The molecule has 140 valence electrons. The molecule has 1 saturated heterocycles. The molecule has 2 heterocycles. The van der Waals surface area contributed by atoms with E-state index in [4.69, 9.17) is 4.74 Å². The third-order valence-electron chi connectivity index (χ3n) is 4.85. The summed E-state index contributed by atoms with van der Waals surface area (Å²) in [6.07, 6.45) is 2.75. The number of hydrogen-bond acceptors (Lipinski definition) is 5. The lowest BCUT2D eigenvalue weighted by molar-refractivity contribution is 0.0603. The summed E-state index contributed by atoms with van der Waals surface area (Å²) in [4.78, 5) is 25.1. The number of nitrogens with zero attached hydrogens (tertiary/aromatic N) is 2. The Kier molecular flexibility index (Phi) is 5.15. The highest BCUT2D eigenvalue weighted by Crippen LogP contribution is 2.26. The highest BCUT2D eigenvalue weighted by molar-refractivity contribution is 7.89. The smallest absolute Gasteiger partial charge is 0.340 e. The van der Waals surface area contributed by atoms with Gasteiger partial charge in [-0.05, 0) is 25.8 Å². The van der Waals surface area contributed by atoms with Gasteiger partial charge in [0.15, 0.2) is 0 Å². The molecule has 0 unspecified atom stereocenters. The zero-order chi connectivity index (χ0) is 18.9. The molecule has 1 aromatic carbocycles. The third kappa shape index (κ3) is 3.26. The van der Waals surface area contributed by atoms with Gasteiger partial charge in [-0.15, -0.1) is 0 Å². The van der Waals surface area contributed by atoms with Crippen molar-refractivity contribution in [1.29, 1.82) is 0 Å². The van der Waals surface area contributed by atoms with Crippen molar-refractivity contribution >= 4 is 32.8 Å². The van der Waals surface area contributed by atoms with Gasteiger partial charge in [-0.2, -0.15) is 0 Å². The lowest BCUT2D eigenvalue weighted by Gasteiger charge is -2.31. The minimum Gasteiger partial charge on any atom is -0.465 e. The van der Waals surface area contributed by atoms with Crippen LogP contribution >= 0.6 is 0 Å². The normalized spacial score (nSPS) is 18.8. The summed E-state index contributed by atoms with van der Waals surface area (Å²) in [5, 5.41) is 0.640. The fourth-order valence-electron chi connectivity index (χ4n) is 3.41. The van der Waals surface area contributed by atoms with E-state index in [0.29, 0.717) is 35.9 Å². The Hall–Kier alpha value is -2.19. The summed E-state index contributed by atoms with van der Waals surface area (Å²) in [5.41, 5.74) is 0.943. The Morgan fingerprint density at radius 1 is 1.27 bits per heavy atom. The number of ether oxygens (including phenoxy) is 1. The molecule has 1 aliphatic rings. The predicted octanol–water partition coefficient (Wildman–Crippen LogP) is 2.13. The van der Waals surface area contributed by atoms with Crippen LogP contribution in [0.25, 0.3) is 10.9 Å². The van der Waals surface area contributed by atoms with Crippen LogP contribution in [0.4, 0.5) is 0 Å². The van der Waals surface area contributed by atoms with Crippen LogP contribution in [0.1, 0.15) is 34.9 Å². The number of carbonyl (C=O) groups excluding carboxylic acids is 2. The minimum absolute atomic E-state index is 0.0207. The molecule has 7 nitrogen and oxygen atoms in total. The number of hydrogen-bond donors (Lipinski definition) is 0. The fourth-order valence-corrected chi connectivity index (χ4v) is 4.59. The Bertz CT molecular complexity index is 948. The number of esters is 1. The maximum atomic E-state index is 13.1. The van der Waals surface area contributed by atoms with Gasteiger partial charge in [-0.25, -0.2) is 17.5 Å². The molecule has 0 bridgehead atoms. The summed E-state index contributed by atoms with van der Waals surface area (Å²) < 4.78 is 32.0.